The zero-order chi connectivity index (χ0) is 13.1. The van der Waals surface area contributed by atoms with Gasteiger partial charge in [0.05, 0.1) is 6.54 Å². The lowest BCUT2D eigenvalue weighted by Gasteiger charge is -2.32. The van der Waals surface area contributed by atoms with Crippen LogP contribution in [0.15, 0.2) is 0 Å². The van der Waals surface area contributed by atoms with Gasteiger partial charge in [-0.25, -0.2) is 8.78 Å². The van der Waals surface area contributed by atoms with Crippen LogP contribution in [0.5, 0.6) is 0 Å². The lowest BCUT2D eigenvalue weighted by atomic mass is 9.80. The van der Waals surface area contributed by atoms with Gasteiger partial charge in [-0.1, -0.05) is 13.8 Å². The molecule has 1 aliphatic rings. The summed E-state index contributed by atoms with van der Waals surface area (Å²) >= 11 is 0. The predicted molar refractivity (Wildman–Crippen MR) is 59.5 cm³/mol. The molecule has 0 bridgehead atoms. The second kappa shape index (κ2) is 6.03. The molecule has 0 heterocycles. The Morgan fingerprint density at radius 3 is 2.06 bits per heavy atom. The summed E-state index contributed by atoms with van der Waals surface area (Å²) in [6, 6.07) is -0.0328. The molecule has 0 aromatic heterocycles. The lowest BCUT2D eigenvalue weighted by Crippen LogP contribution is -2.44. The lowest BCUT2D eigenvalue weighted by molar-refractivity contribution is -0.126. The van der Waals surface area contributed by atoms with Crippen molar-refractivity contribution in [2.24, 2.45) is 11.8 Å². The maximum absolute atomic E-state index is 12.7. The van der Waals surface area contributed by atoms with Gasteiger partial charge in [-0.15, -0.1) is 0 Å². The Labute approximate surface area is 100.0 Å². The Morgan fingerprint density at radius 1 is 1.12 bits per heavy atom. The van der Waals surface area contributed by atoms with E-state index in [1.165, 1.54) is 0 Å². The highest BCUT2D eigenvalue weighted by molar-refractivity contribution is 4.81. The van der Waals surface area contributed by atoms with Gasteiger partial charge in [0.15, 0.2) is 0 Å². The number of rotatable bonds is 5. The third-order valence-corrected chi connectivity index (χ3v) is 3.66. The maximum atomic E-state index is 12.7. The van der Waals surface area contributed by atoms with Crippen molar-refractivity contribution in [1.82, 2.24) is 5.32 Å². The third kappa shape index (κ3) is 4.45. The van der Waals surface area contributed by atoms with E-state index < -0.39 is 18.9 Å². The van der Waals surface area contributed by atoms with Crippen molar-refractivity contribution in [3.8, 4) is 0 Å². The van der Waals surface area contributed by atoms with Crippen LogP contribution in [0.4, 0.5) is 17.6 Å². The van der Waals surface area contributed by atoms with Crippen molar-refractivity contribution >= 4 is 0 Å². The molecule has 0 spiro atoms. The van der Waals surface area contributed by atoms with E-state index in [1.807, 2.05) is 0 Å². The fourth-order valence-corrected chi connectivity index (χ4v) is 2.35. The van der Waals surface area contributed by atoms with E-state index in [9.17, 15) is 17.6 Å². The highest BCUT2D eigenvalue weighted by atomic mass is 19.3. The fourth-order valence-electron chi connectivity index (χ4n) is 2.35. The van der Waals surface area contributed by atoms with Crippen LogP contribution < -0.4 is 5.32 Å². The summed E-state index contributed by atoms with van der Waals surface area (Å²) in [7, 11) is 0. The van der Waals surface area contributed by atoms with Crippen LogP contribution in [0.2, 0.25) is 0 Å². The van der Waals surface area contributed by atoms with Gasteiger partial charge >= 0.3 is 12.3 Å². The zero-order valence-corrected chi connectivity index (χ0v) is 10.4. The topological polar surface area (TPSA) is 12.0 Å². The summed E-state index contributed by atoms with van der Waals surface area (Å²) in [5.41, 5.74) is 0. The van der Waals surface area contributed by atoms with Crippen LogP contribution in [-0.2, 0) is 0 Å². The number of hydrogen-bond acceptors (Lipinski definition) is 1. The molecule has 1 fully saturated rings. The summed E-state index contributed by atoms with van der Waals surface area (Å²) < 4.78 is 49.3. The molecule has 0 aliphatic heterocycles. The summed E-state index contributed by atoms with van der Waals surface area (Å²) in [5, 5.41) is 2.57. The molecule has 0 atom stereocenters. The molecular weight excluding hydrogens is 234 g/mol. The standard InChI is InChI=1S/C12H21F4N/c1-8(2)9-3-5-10(6-4-9)17-7-12(15,16)11(13)14/h8-11,17H,3-7H2,1-2H3. The first-order chi connectivity index (χ1) is 7.83. The van der Waals surface area contributed by atoms with E-state index in [-0.39, 0.29) is 6.04 Å². The summed E-state index contributed by atoms with van der Waals surface area (Å²) in [6.45, 7) is 3.40. The van der Waals surface area contributed by atoms with Crippen molar-refractivity contribution in [2.45, 2.75) is 57.9 Å². The summed E-state index contributed by atoms with van der Waals surface area (Å²) in [4.78, 5) is 0. The molecule has 1 rings (SSSR count). The Hall–Kier alpha value is -0.320. The molecule has 0 aromatic rings. The van der Waals surface area contributed by atoms with E-state index in [1.54, 1.807) is 0 Å². The molecule has 17 heavy (non-hydrogen) atoms. The highest BCUT2D eigenvalue weighted by Gasteiger charge is 2.40. The second-order valence-corrected chi connectivity index (χ2v) is 5.30. The highest BCUT2D eigenvalue weighted by Crippen LogP contribution is 2.30. The maximum Gasteiger partial charge on any atom is 0.319 e. The molecule has 1 aliphatic carbocycles. The number of hydrogen-bond donors (Lipinski definition) is 1. The molecule has 0 unspecified atom stereocenters. The van der Waals surface area contributed by atoms with E-state index in [4.69, 9.17) is 0 Å². The normalized spacial score (nSPS) is 26.8. The number of halogens is 4. The van der Waals surface area contributed by atoms with Crippen molar-refractivity contribution in [3.63, 3.8) is 0 Å². The molecule has 0 saturated heterocycles. The molecule has 102 valence electrons. The van der Waals surface area contributed by atoms with Crippen LogP contribution in [0.1, 0.15) is 39.5 Å². The number of alkyl halides is 4. The van der Waals surface area contributed by atoms with Crippen LogP contribution >= 0.6 is 0 Å². The molecule has 1 N–H and O–H groups in total. The largest absolute Gasteiger partial charge is 0.319 e. The van der Waals surface area contributed by atoms with Crippen LogP contribution in [0, 0.1) is 11.8 Å². The molecule has 0 radical (unpaired) electrons. The van der Waals surface area contributed by atoms with Gasteiger partial charge in [-0.2, -0.15) is 8.78 Å². The first-order valence-corrected chi connectivity index (χ1v) is 6.22. The monoisotopic (exact) mass is 255 g/mol. The SMILES string of the molecule is CC(C)C1CCC(NCC(F)(F)C(F)F)CC1. The fraction of sp³-hybridized carbons (Fsp3) is 1.00. The van der Waals surface area contributed by atoms with Gasteiger partial charge in [0, 0.05) is 6.04 Å². The van der Waals surface area contributed by atoms with E-state index in [0.29, 0.717) is 11.8 Å². The molecule has 5 heteroatoms. The molecule has 0 aromatic carbocycles. The van der Waals surface area contributed by atoms with Gasteiger partial charge < -0.3 is 5.32 Å². The Bertz CT molecular complexity index is 223. The van der Waals surface area contributed by atoms with E-state index in [0.717, 1.165) is 25.7 Å². The van der Waals surface area contributed by atoms with Gasteiger partial charge in [-0.3, -0.25) is 0 Å². The van der Waals surface area contributed by atoms with Crippen LogP contribution in [-0.4, -0.2) is 24.9 Å². The van der Waals surface area contributed by atoms with Crippen molar-refractivity contribution in [1.29, 1.82) is 0 Å². The zero-order valence-electron chi connectivity index (χ0n) is 10.4. The van der Waals surface area contributed by atoms with Gasteiger partial charge in [0.1, 0.15) is 0 Å². The summed E-state index contributed by atoms with van der Waals surface area (Å²) in [6.07, 6.45) is 0.0252. The van der Waals surface area contributed by atoms with Gasteiger partial charge in [0.25, 0.3) is 0 Å². The van der Waals surface area contributed by atoms with E-state index >= 15 is 0 Å². The second-order valence-electron chi connectivity index (χ2n) is 5.30. The Balaban J connectivity index is 2.27. The minimum Gasteiger partial charge on any atom is -0.308 e. The minimum atomic E-state index is -3.91. The average molecular weight is 255 g/mol. The Morgan fingerprint density at radius 2 is 1.65 bits per heavy atom. The quantitative estimate of drug-likeness (QED) is 0.739. The first kappa shape index (κ1) is 14.7. The molecular formula is C12H21F4N. The first-order valence-electron chi connectivity index (χ1n) is 6.22. The minimum absolute atomic E-state index is 0.0328. The number of nitrogens with one attached hydrogen (secondary N) is 1. The van der Waals surface area contributed by atoms with Crippen LogP contribution in [0.25, 0.3) is 0 Å². The third-order valence-electron chi connectivity index (χ3n) is 3.66. The smallest absolute Gasteiger partial charge is 0.308 e. The van der Waals surface area contributed by atoms with Crippen molar-refractivity contribution in [2.75, 3.05) is 6.54 Å². The average Bonchev–Trinajstić information content (AvgIpc) is 2.27. The van der Waals surface area contributed by atoms with Crippen LogP contribution in [0.3, 0.4) is 0 Å². The summed E-state index contributed by atoms with van der Waals surface area (Å²) in [5.74, 6) is -2.66. The molecule has 1 nitrogen and oxygen atoms in total. The predicted octanol–water partition coefficient (Wildman–Crippen LogP) is 3.69. The van der Waals surface area contributed by atoms with Crippen molar-refractivity contribution < 1.29 is 17.6 Å². The van der Waals surface area contributed by atoms with Gasteiger partial charge in [-0.05, 0) is 37.5 Å². The van der Waals surface area contributed by atoms with E-state index in [2.05, 4.69) is 19.2 Å². The van der Waals surface area contributed by atoms with Gasteiger partial charge in [0.2, 0.25) is 0 Å². The Kier molecular flexibility index (Phi) is 5.22. The molecule has 1 saturated carbocycles. The molecule has 0 amide bonds. The van der Waals surface area contributed by atoms with Crippen molar-refractivity contribution in [3.05, 3.63) is 0 Å².